The smallest absolute Gasteiger partial charge is 0.221 e. The molecule has 2 aliphatic heterocycles. The van der Waals surface area contributed by atoms with Gasteiger partial charge in [0.15, 0.2) is 0 Å². The minimum atomic E-state index is 0. The Bertz CT molecular complexity index is 838. The van der Waals surface area contributed by atoms with Crippen LogP contribution in [0, 0.1) is 6.92 Å². The molecule has 7 heteroatoms. The third-order valence-corrected chi connectivity index (χ3v) is 5.79. The van der Waals surface area contributed by atoms with Crippen molar-refractivity contribution in [2.75, 3.05) is 37.6 Å². The van der Waals surface area contributed by atoms with Crippen LogP contribution in [0.4, 0.5) is 5.69 Å². The van der Waals surface area contributed by atoms with Gasteiger partial charge in [0.1, 0.15) is 0 Å². The van der Waals surface area contributed by atoms with Gasteiger partial charge in [0.2, 0.25) is 5.91 Å². The molecular weight excluding hydrogens is 419 g/mol. The number of halogens is 2. The van der Waals surface area contributed by atoms with Crippen LogP contribution in [0.5, 0.6) is 0 Å². The van der Waals surface area contributed by atoms with Crippen LogP contribution in [0.1, 0.15) is 28.7 Å². The number of piperazine rings is 1. The Morgan fingerprint density at radius 2 is 1.77 bits per heavy atom. The summed E-state index contributed by atoms with van der Waals surface area (Å²) in [5.41, 5.74) is 6.53. The zero-order valence-electron chi connectivity index (χ0n) is 17.5. The summed E-state index contributed by atoms with van der Waals surface area (Å²) >= 11 is 0. The molecule has 164 valence electrons. The third kappa shape index (κ3) is 6.35. The van der Waals surface area contributed by atoms with Crippen LogP contribution >= 0.6 is 24.8 Å². The topological polar surface area (TPSA) is 47.6 Å². The fourth-order valence-electron chi connectivity index (χ4n) is 4.06. The highest BCUT2D eigenvalue weighted by atomic mass is 35.5. The SMILES string of the molecule is Cc1cccc(N2CCN(CCC(=O)NCc3ccc4c(c3)CNC4)CC2)c1.Cl.Cl. The highest BCUT2D eigenvalue weighted by Gasteiger charge is 2.18. The molecule has 1 amide bonds. The van der Waals surface area contributed by atoms with E-state index in [1.54, 1.807) is 0 Å². The predicted octanol–water partition coefficient (Wildman–Crippen LogP) is 3.27. The Morgan fingerprint density at radius 1 is 1.00 bits per heavy atom. The number of carbonyl (C=O) groups excluding carboxylic acids is 1. The normalized spacial score (nSPS) is 15.7. The van der Waals surface area contributed by atoms with Gasteiger partial charge in [-0.2, -0.15) is 0 Å². The summed E-state index contributed by atoms with van der Waals surface area (Å²) in [6.45, 7) is 9.55. The molecule has 2 aliphatic rings. The van der Waals surface area contributed by atoms with Gasteiger partial charge in [0, 0.05) is 64.5 Å². The van der Waals surface area contributed by atoms with Crippen molar-refractivity contribution < 1.29 is 4.79 Å². The number of amides is 1. The second-order valence-corrected chi connectivity index (χ2v) is 7.90. The molecule has 2 heterocycles. The van der Waals surface area contributed by atoms with E-state index in [0.717, 1.165) is 45.8 Å². The van der Waals surface area contributed by atoms with Crippen LogP contribution in [-0.2, 0) is 24.4 Å². The van der Waals surface area contributed by atoms with E-state index in [-0.39, 0.29) is 30.7 Å². The quantitative estimate of drug-likeness (QED) is 0.708. The van der Waals surface area contributed by atoms with E-state index in [4.69, 9.17) is 0 Å². The van der Waals surface area contributed by atoms with Gasteiger partial charge in [-0.1, -0.05) is 30.3 Å². The van der Waals surface area contributed by atoms with Gasteiger partial charge in [0.25, 0.3) is 0 Å². The zero-order valence-corrected chi connectivity index (χ0v) is 19.2. The molecule has 0 unspecified atom stereocenters. The van der Waals surface area contributed by atoms with Crippen molar-refractivity contribution in [2.24, 2.45) is 0 Å². The predicted molar refractivity (Wildman–Crippen MR) is 128 cm³/mol. The molecule has 2 N–H and O–H groups in total. The van der Waals surface area contributed by atoms with Crippen molar-refractivity contribution in [2.45, 2.75) is 33.0 Å². The Morgan fingerprint density at radius 3 is 2.53 bits per heavy atom. The fraction of sp³-hybridized carbons (Fsp3) is 0.435. The van der Waals surface area contributed by atoms with E-state index in [2.05, 4.69) is 69.8 Å². The number of aryl methyl sites for hydroxylation is 1. The summed E-state index contributed by atoms with van der Waals surface area (Å²) in [7, 11) is 0. The lowest BCUT2D eigenvalue weighted by Crippen LogP contribution is -2.47. The Labute approximate surface area is 192 Å². The maximum atomic E-state index is 12.3. The van der Waals surface area contributed by atoms with E-state index >= 15 is 0 Å². The maximum absolute atomic E-state index is 12.3. The fourth-order valence-corrected chi connectivity index (χ4v) is 4.06. The minimum Gasteiger partial charge on any atom is -0.369 e. The lowest BCUT2D eigenvalue weighted by atomic mass is 10.1. The molecule has 0 spiro atoms. The highest BCUT2D eigenvalue weighted by molar-refractivity contribution is 5.85. The summed E-state index contributed by atoms with van der Waals surface area (Å²) in [4.78, 5) is 17.1. The van der Waals surface area contributed by atoms with E-state index in [0.29, 0.717) is 13.0 Å². The average molecular weight is 451 g/mol. The van der Waals surface area contributed by atoms with Crippen molar-refractivity contribution in [3.8, 4) is 0 Å². The van der Waals surface area contributed by atoms with Gasteiger partial charge in [-0.15, -0.1) is 24.8 Å². The molecular formula is C23H32Cl2N4O. The molecule has 0 atom stereocenters. The zero-order chi connectivity index (χ0) is 19.3. The lowest BCUT2D eigenvalue weighted by Gasteiger charge is -2.36. The van der Waals surface area contributed by atoms with E-state index < -0.39 is 0 Å². The first kappa shape index (κ1) is 24.5. The average Bonchev–Trinajstić information content (AvgIpc) is 3.19. The van der Waals surface area contributed by atoms with Crippen molar-refractivity contribution in [1.29, 1.82) is 0 Å². The second kappa shape index (κ2) is 11.6. The molecule has 1 saturated heterocycles. The number of anilines is 1. The van der Waals surface area contributed by atoms with Gasteiger partial charge in [-0.25, -0.2) is 0 Å². The van der Waals surface area contributed by atoms with Gasteiger partial charge in [-0.3, -0.25) is 9.69 Å². The van der Waals surface area contributed by atoms with Crippen molar-refractivity contribution in [3.63, 3.8) is 0 Å². The summed E-state index contributed by atoms with van der Waals surface area (Å²) in [6.07, 6.45) is 0.566. The molecule has 30 heavy (non-hydrogen) atoms. The van der Waals surface area contributed by atoms with Crippen LogP contribution in [0.3, 0.4) is 0 Å². The van der Waals surface area contributed by atoms with Crippen LogP contribution in [0.2, 0.25) is 0 Å². The molecule has 5 nitrogen and oxygen atoms in total. The number of nitrogens with one attached hydrogen (secondary N) is 2. The number of fused-ring (bicyclic) bond motifs is 1. The molecule has 0 aromatic heterocycles. The van der Waals surface area contributed by atoms with Crippen LogP contribution in [-0.4, -0.2) is 43.5 Å². The molecule has 1 fully saturated rings. The second-order valence-electron chi connectivity index (χ2n) is 7.90. The molecule has 0 saturated carbocycles. The van der Waals surface area contributed by atoms with Crippen LogP contribution < -0.4 is 15.5 Å². The largest absolute Gasteiger partial charge is 0.369 e. The summed E-state index contributed by atoms with van der Waals surface area (Å²) in [6, 6.07) is 15.2. The summed E-state index contributed by atoms with van der Waals surface area (Å²) in [5.74, 6) is 0.139. The van der Waals surface area contributed by atoms with Gasteiger partial charge >= 0.3 is 0 Å². The standard InChI is InChI=1S/C23H30N4O.2ClH/c1-18-3-2-4-22(13-18)27-11-9-26(10-12-27)8-7-23(28)25-15-19-5-6-20-16-24-17-21(20)14-19;;/h2-6,13-14,24H,7-12,15-17H2,1H3,(H,25,28);2*1H. The first-order valence-electron chi connectivity index (χ1n) is 10.3. The number of hydrogen-bond acceptors (Lipinski definition) is 4. The monoisotopic (exact) mass is 450 g/mol. The van der Waals surface area contributed by atoms with Crippen molar-refractivity contribution in [3.05, 3.63) is 64.7 Å². The Balaban J connectivity index is 0.00000160. The molecule has 2 aromatic rings. The van der Waals surface area contributed by atoms with E-state index in [1.807, 2.05) is 0 Å². The van der Waals surface area contributed by atoms with Gasteiger partial charge < -0.3 is 15.5 Å². The molecule has 0 aliphatic carbocycles. The van der Waals surface area contributed by atoms with Crippen LogP contribution in [0.15, 0.2) is 42.5 Å². The minimum absolute atomic E-state index is 0. The highest BCUT2D eigenvalue weighted by Crippen LogP contribution is 2.18. The Kier molecular flexibility index (Phi) is 9.43. The van der Waals surface area contributed by atoms with Gasteiger partial charge in [-0.05, 0) is 41.3 Å². The molecule has 0 bridgehead atoms. The third-order valence-electron chi connectivity index (χ3n) is 5.79. The lowest BCUT2D eigenvalue weighted by molar-refractivity contribution is -0.121. The van der Waals surface area contributed by atoms with E-state index in [1.165, 1.54) is 27.9 Å². The maximum Gasteiger partial charge on any atom is 0.221 e. The van der Waals surface area contributed by atoms with Crippen molar-refractivity contribution >= 4 is 36.4 Å². The van der Waals surface area contributed by atoms with Crippen molar-refractivity contribution in [1.82, 2.24) is 15.5 Å². The van der Waals surface area contributed by atoms with Crippen LogP contribution in [0.25, 0.3) is 0 Å². The number of hydrogen-bond donors (Lipinski definition) is 2. The number of benzene rings is 2. The van der Waals surface area contributed by atoms with Gasteiger partial charge in [0.05, 0.1) is 0 Å². The first-order valence-corrected chi connectivity index (χ1v) is 10.3. The molecule has 2 aromatic carbocycles. The number of rotatable bonds is 6. The summed E-state index contributed by atoms with van der Waals surface area (Å²) in [5, 5.41) is 6.43. The molecule has 0 radical (unpaired) electrons. The molecule has 4 rings (SSSR count). The Hall–Kier alpha value is -1.79. The number of carbonyl (C=O) groups is 1. The number of nitrogens with zero attached hydrogens (tertiary/aromatic N) is 2. The first-order chi connectivity index (χ1) is 13.7. The summed E-state index contributed by atoms with van der Waals surface area (Å²) < 4.78 is 0. The van der Waals surface area contributed by atoms with E-state index in [9.17, 15) is 4.79 Å².